The molecule has 1 aliphatic rings. The quantitative estimate of drug-likeness (QED) is 0.846. The van der Waals surface area contributed by atoms with E-state index in [0.29, 0.717) is 18.5 Å². The SMILES string of the molecule is CC1CCC(Oc2cnc(CN)cn2)CC1. The Morgan fingerprint density at radius 1 is 1.25 bits per heavy atom. The van der Waals surface area contributed by atoms with E-state index in [0.717, 1.165) is 24.5 Å². The molecule has 0 aromatic carbocycles. The van der Waals surface area contributed by atoms with Crippen LogP contribution in [0, 0.1) is 5.92 Å². The van der Waals surface area contributed by atoms with E-state index in [1.807, 2.05) is 0 Å². The zero-order valence-corrected chi connectivity index (χ0v) is 9.72. The highest BCUT2D eigenvalue weighted by Crippen LogP contribution is 2.26. The van der Waals surface area contributed by atoms with E-state index in [4.69, 9.17) is 10.5 Å². The molecule has 1 aromatic rings. The van der Waals surface area contributed by atoms with Gasteiger partial charge in [0.15, 0.2) is 0 Å². The third kappa shape index (κ3) is 2.92. The van der Waals surface area contributed by atoms with Crippen molar-refractivity contribution >= 4 is 0 Å². The molecule has 88 valence electrons. The Morgan fingerprint density at radius 3 is 2.56 bits per heavy atom. The van der Waals surface area contributed by atoms with Gasteiger partial charge in [-0.3, -0.25) is 4.98 Å². The van der Waals surface area contributed by atoms with Crippen molar-refractivity contribution in [3.05, 3.63) is 18.1 Å². The minimum absolute atomic E-state index is 0.314. The summed E-state index contributed by atoms with van der Waals surface area (Å²) < 4.78 is 5.79. The lowest BCUT2D eigenvalue weighted by Crippen LogP contribution is -2.23. The van der Waals surface area contributed by atoms with Gasteiger partial charge in [-0.05, 0) is 31.6 Å². The van der Waals surface area contributed by atoms with Gasteiger partial charge in [0.1, 0.15) is 6.10 Å². The molecule has 16 heavy (non-hydrogen) atoms. The van der Waals surface area contributed by atoms with Gasteiger partial charge in [0, 0.05) is 6.54 Å². The summed E-state index contributed by atoms with van der Waals surface area (Å²) in [6, 6.07) is 0. The maximum absolute atomic E-state index is 5.79. The molecule has 0 amide bonds. The monoisotopic (exact) mass is 221 g/mol. The molecular weight excluding hydrogens is 202 g/mol. The van der Waals surface area contributed by atoms with Crippen LogP contribution in [0.15, 0.2) is 12.4 Å². The Hall–Kier alpha value is -1.16. The summed E-state index contributed by atoms with van der Waals surface area (Å²) in [5.74, 6) is 1.46. The fraction of sp³-hybridized carbons (Fsp3) is 0.667. The molecule has 2 rings (SSSR count). The summed E-state index contributed by atoms with van der Waals surface area (Å²) >= 11 is 0. The van der Waals surface area contributed by atoms with E-state index in [1.165, 1.54) is 12.8 Å². The molecule has 0 radical (unpaired) electrons. The molecule has 1 heterocycles. The average molecular weight is 221 g/mol. The van der Waals surface area contributed by atoms with Gasteiger partial charge in [-0.1, -0.05) is 6.92 Å². The highest BCUT2D eigenvalue weighted by Gasteiger charge is 2.19. The Balaban J connectivity index is 1.88. The maximum atomic E-state index is 5.79. The first kappa shape index (κ1) is 11.3. The van der Waals surface area contributed by atoms with Crippen LogP contribution in [0.4, 0.5) is 0 Å². The van der Waals surface area contributed by atoms with Crippen LogP contribution in [-0.2, 0) is 6.54 Å². The second kappa shape index (κ2) is 5.25. The second-order valence-corrected chi connectivity index (χ2v) is 4.55. The summed E-state index contributed by atoms with van der Waals surface area (Å²) in [5.41, 5.74) is 6.25. The number of nitrogens with zero attached hydrogens (tertiary/aromatic N) is 2. The number of rotatable bonds is 3. The Kier molecular flexibility index (Phi) is 3.72. The van der Waals surface area contributed by atoms with Crippen molar-refractivity contribution in [1.29, 1.82) is 0 Å². The van der Waals surface area contributed by atoms with E-state index in [2.05, 4.69) is 16.9 Å². The minimum Gasteiger partial charge on any atom is -0.473 e. The van der Waals surface area contributed by atoms with Crippen LogP contribution < -0.4 is 10.5 Å². The summed E-state index contributed by atoms with van der Waals surface area (Å²) in [4.78, 5) is 8.36. The molecule has 2 N–H and O–H groups in total. The summed E-state index contributed by atoms with van der Waals surface area (Å²) in [6.45, 7) is 2.72. The lowest BCUT2D eigenvalue weighted by atomic mass is 9.89. The lowest BCUT2D eigenvalue weighted by Gasteiger charge is -2.26. The molecule has 4 nitrogen and oxygen atoms in total. The standard InChI is InChI=1S/C12H19N3O/c1-9-2-4-11(5-3-9)16-12-8-14-10(6-13)7-15-12/h7-9,11H,2-6,13H2,1H3. The molecule has 0 atom stereocenters. The van der Waals surface area contributed by atoms with E-state index in [9.17, 15) is 0 Å². The molecule has 0 unspecified atom stereocenters. The molecule has 0 spiro atoms. The zero-order chi connectivity index (χ0) is 11.4. The maximum Gasteiger partial charge on any atom is 0.232 e. The van der Waals surface area contributed by atoms with E-state index < -0.39 is 0 Å². The summed E-state index contributed by atoms with van der Waals surface area (Å²) in [6.07, 6.45) is 8.41. The first-order valence-corrected chi connectivity index (χ1v) is 5.95. The van der Waals surface area contributed by atoms with Gasteiger partial charge in [0.2, 0.25) is 5.88 Å². The Morgan fingerprint density at radius 2 is 2.00 bits per heavy atom. The van der Waals surface area contributed by atoms with E-state index >= 15 is 0 Å². The number of nitrogens with two attached hydrogens (primary N) is 1. The predicted octanol–water partition coefficient (Wildman–Crippen LogP) is 1.89. The molecule has 4 heteroatoms. The minimum atomic E-state index is 0.314. The normalized spacial score (nSPS) is 25.4. The van der Waals surface area contributed by atoms with Crippen molar-refractivity contribution in [3.63, 3.8) is 0 Å². The first-order chi connectivity index (χ1) is 7.78. The van der Waals surface area contributed by atoms with Crippen molar-refractivity contribution in [2.45, 2.75) is 45.3 Å². The third-order valence-corrected chi connectivity index (χ3v) is 3.14. The summed E-state index contributed by atoms with van der Waals surface area (Å²) in [7, 11) is 0. The van der Waals surface area contributed by atoms with Crippen LogP contribution in [-0.4, -0.2) is 16.1 Å². The molecular formula is C12H19N3O. The largest absolute Gasteiger partial charge is 0.473 e. The summed E-state index contributed by atoms with van der Waals surface area (Å²) in [5, 5.41) is 0. The fourth-order valence-electron chi connectivity index (χ4n) is 2.03. The van der Waals surface area contributed by atoms with Gasteiger partial charge in [-0.15, -0.1) is 0 Å². The molecule has 0 saturated heterocycles. The van der Waals surface area contributed by atoms with Crippen molar-refractivity contribution in [3.8, 4) is 5.88 Å². The average Bonchev–Trinajstić information content (AvgIpc) is 2.33. The predicted molar refractivity (Wildman–Crippen MR) is 62.0 cm³/mol. The van der Waals surface area contributed by atoms with Crippen LogP contribution in [0.25, 0.3) is 0 Å². The van der Waals surface area contributed by atoms with Gasteiger partial charge in [0.25, 0.3) is 0 Å². The van der Waals surface area contributed by atoms with Gasteiger partial charge in [0.05, 0.1) is 18.1 Å². The van der Waals surface area contributed by atoms with Crippen LogP contribution in [0.1, 0.15) is 38.3 Å². The van der Waals surface area contributed by atoms with Crippen molar-refractivity contribution < 1.29 is 4.74 Å². The molecule has 0 aliphatic heterocycles. The number of hydrogen-bond donors (Lipinski definition) is 1. The van der Waals surface area contributed by atoms with Crippen LogP contribution in [0.3, 0.4) is 0 Å². The highest BCUT2D eigenvalue weighted by atomic mass is 16.5. The van der Waals surface area contributed by atoms with Crippen molar-refractivity contribution in [2.24, 2.45) is 11.7 Å². The third-order valence-electron chi connectivity index (χ3n) is 3.14. The molecule has 0 bridgehead atoms. The van der Waals surface area contributed by atoms with Gasteiger partial charge >= 0.3 is 0 Å². The van der Waals surface area contributed by atoms with Crippen LogP contribution in [0.5, 0.6) is 5.88 Å². The highest BCUT2D eigenvalue weighted by molar-refractivity contribution is 5.07. The van der Waals surface area contributed by atoms with Crippen molar-refractivity contribution in [1.82, 2.24) is 9.97 Å². The van der Waals surface area contributed by atoms with E-state index in [1.54, 1.807) is 12.4 Å². The molecule has 1 fully saturated rings. The zero-order valence-electron chi connectivity index (χ0n) is 9.72. The number of hydrogen-bond acceptors (Lipinski definition) is 4. The first-order valence-electron chi connectivity index (χ1n) is 5.95. The fourth-order valence-corrected chi connectivity index (χ4v) is 2.03. The van der Waals surface area contributed by atoms with Gasteiger partial charge in [-0.2, -0.15) is 0 Å². The Labute approximate surface area is 96.2 Å². The second-order valence-electron chi connectivity index (χ2n) is 4.55. The van der Waals surface area contributed by atoms with Gasteiger partial charge < -0.3 is 10.5 Å². The van der Waals surface area contributed by atoms with Gasteiger partial charge in [-0.25, -0.2) is 4.98 Å². The van der Waals surface area contributed by atoms with Crippen LogP contribution in [0.2, 0.25) is 0 Å². The number of ether oxygens (including phenoxy) is 1. The lowest BCUT2D eigenvalue weighted by molar-refractivity contribution is 0.129. The van der Waals surface area contributed by atoms with Crippen LogP contribution >= 0.6 is 0 Å². The number of aromatic nitrogens is 2. The van der Waals surface area contributed by atoms with Crippen molar-refractivity contribution in [2.75, 3.05) is 0 Å². The Bertz CT molecular complexity index is 318. The molecule has 1 saturated carbocycles. The molecule has 1 aromatic heterocycles. The topological polar surface area (TPSA) is 61.0 Å². The van der Waals surface area contributed by atoms with E-state index in [-0.39, 0.29) is 0 Å². The molecule has 1 aliphatic carbocycles. The smallest absolute Gasteiger partial charge is 0.232 e.